The number of aromatic amines is 1. The number of hydrogen-bond acceptors (Lipinski definition) is 8. The van der Waals surface area contributed by atoms with Crippen molar-refractivity contribution < 1.29 is 29.3 Å². The Kier molecular flexibility index (Phi) is 13.5. The Morgan fingerprint density at radius 3 is 2.38 bits per heavy atom. The Bertz CT molecular complexity index is 2490. The zero-order valence-corrected chi connectivity index (χ0v) is 33.7. The number of ketones is 1. The summed E-state index contributed by atoms with van der Waals surface area (Å²) in [6, 6.07) is 38.7. The van der Waals surface area contributed by atoms with E-state index in [0.29, 0.717) is 85.1 Å². The maximum absolute atomic E-state index is 13.3. The second-order valence-electron chi connectivity index (χ2n) is 15.3. The van der Waals surface area contributed by atoms with E-state index in [2.05, 4.69) is 15.2 Å². The number of Topliss-reactive ketones (excluding diaryl/α,β-unsaturated/α-hetero) is 1. The third-order valence-corrected chi connectivity index (χ3v) is 11.2. The van der Waals surface area contributed by atoms with Crippen molar-refractivity contribution in [3.8, 4) is 16.9 Å². The van der Waals surface area contributed by atoms with E-state index >= 15 is 0 Å². The second-order valence-corrected chi connectivity index (χ2v) is 15.3. The number of aryl methyl sites for hydroxylation is 1. The molecule has 11 heteroatoms. The molecule has 7 rings (SSSR count). The third kappa shape index (κ3) is 10.5. The van der Waals surface area contributed by atoms with Crippen LogP contribution in [0.1, 0.15) is 65.3 Å². The third-order valence-electron chi connectivity index (χ3n) is 11.2. The zero-order chi connectivity index (χ0) is 42.0. The minimum atomic E-state index is -0.761. The lowest BCUT2D eigenvalue weighted by Crippen LogP contribution is -2.40. The summed E-state index contributed by atoms with van der Waals surface area (Å²) in [5, 5.41) is 24.6. The highest BCUT2D eigenvalue weighted by molar-refractivity contribution is 6.00. The highest BCUT2D eigenvalue weighted by Crippen LogP contribution is 2.31. The fourth-order valence-corrected chi connectivity index (χ4v) is 7.77. The molecule has 0 bridgehead atoms. The largest absolute Gasteiger partial charge is 0.506 e. The molecule has 5 aromatic carbocycles. The van der Waals surface area contributed by atoms with E-state index < -0.39 is 12.2 Å². The number of fused-ring (bicyclic) bond motifs is 1. The van der Waals surface area contributed by atoms with Crippen molar-refractivity contribution in [2.75, 3.05) is 36.9 Å². The number of pyridine rings is 1. The number of para-hydroxylation sites is 1. The van der Waals surface area contributed by atoms with Crippen LogP contribution in [0.4, 0.5) is 16.2 Å². The number of aliphatic hydroxyl groups is 1. The van der Waals surface area contributed by atoms with E-state index in [4.69, 9.17) is 4.74 Å². The van der Waals surface area contributed by atoms with Gasteiger partial charge in [-0.25, -0.2) is 4.79 Å². The highest BCUT2D eigenvalue weighted by Gasteiger charge is 2.24. The average Bonchev–Trinajstić information content (AvgIpc) is 3.27. The minimum absolute atomic E-state index is 0.0402. The molecule has 60 heavy (non-hydrogen) atoms. The van der Waals surface area contributed by atoms with E-state index in [0.717, 1.165) is 28.7 Å². The van der Waals surface area contributed by atoms with E-state index in [1.54, 1.807) is 42.3 Å². The fraction of sp³-hybridized carbons (Fsp3) is 0.265. The van der Waals surface area contributed by atoms with Gasteiger partial charge in [-0.2, -0.15) is 0 Å². The fourth-order valence-electron chi connectivity index (χ4n) is 7.77. The molecular weight excluding hydrogens is 757 g/mol. The van der Waals surface area contributed by atoms with Gasteiger partial charge < -0.3 is 29.7 Å². The number of aliphatic hydroxyl groups excluding tert-OH is 1. The molecule has 6 aromatic rings. The molecule has 1 atom stereocenters. The van der Waals surface area contributed by atoms with Gasteiger partial charge in [-0.1, -0.05) is 91.0 Å². The standard InChI is InChI=1S/C49H50N4O7/c1-52(47(58)27-30-53-28-25-38(26-29-53)60-49(59)50-42-15-6-5-14-39(42)35-10-3-2-4-11-35)37-13-8-12-36(32-37)45(56)31-34-19-17-33(18-20-34)9-7-16-43(54)40-21-23-44(55)48-41(40)22-24-46(57)51-48/h2-6,8,10-15,17-24,32,38,43,54-55H,7,9,16,25-31H2,1H3,(H,50,59)(H,51,57)/t43-/m0/s1. The number of phenols is 1. The van der Waals surface area contributed by atoms with Gasteiger partial charge in [-0.05, 0) is 84.7 Å². The first kappa shape index (κ1) is 41.6. The highest BCUT2D eigenvalue weighted by atomic mass is 16.6. The monoisotopic (exact) mass is 806 g/mol. The van der Waals surface area contributed by atoms with E-state index in [1.165, 1.54) is 12.1 Å². The van der Waals surface area contributed by atoms with Crippen molar-refractivity contribution >= 4 is 40.1 Å². The molecule has 1 saturated heterocycles. The van der Waals surface area contributed by atoms with Gasteiger partial charge in [-0.3, -0.25) is 19.7 Å². The number of anilines is 2. The lowest BCUT2D eigenvalue weighted by atomic mass is 9.97. The molecule has 1 aromatic heterocycles. The van der Waals surface area contributed by atoms with Crippen LogP contribution < -0.4 is 15.8 Å². The van der Waals surface area contributed by atoms with Crippen molar-refractivity contribution in [2.45, 2.75) is 57.2 Å². The molecule has 2 amide bonds. The Hall–Kier alpha value is -6.56. The molecule has 0 spiro atoms. The van der Waals surface area contributed by atoms with E-state index in [-0.39, 0.29) is 35.5 Å². The maximum Gasteiger partial charge on any atom is 0.411 e. The van der Waals surface area contributed by atoms with Crippen molar-refractivity contribution in [1.82, 2.24) is 9.88 Å². The average molecular weight is 807 g/mol. The maximum atomic E-state index is 13.3. The Balaban J connectivity index is 0.829. The molecular formula is C49H50N4O7. The van der Waals surface area contributed by atoms with Gasteiger partial charge in [0.1, 0.15) is 11.9 Å². The van der Waals surface area contributed by atoms with Gasteiger partial charge in [0.25, 0.3) is 0 Å². The quantitative estimate of drug-likeness (QED) is 0.0755. The number of hydrogen-bond donors (Lipinski definition) is 4. The van der Waals surface area contributed by atoms with Gasteiger partial charge in [0.15, 0.2) is 5.78 Å². The summed E-state index contributed by atoms with van der Waals surface area (Å²) in [4.78, 5) is 57.6. The summed E-state index contributed by atoms with van der Waals surface area (Å²) in [5.74, 6) is -0.137. The smallest absolute Gasteiger partial charge is 0.411 e. The number of likely N-dealkylation sites (tertiary alicyclic amines) is 1. The number of benzene rings is 5. The molecule has 4 N–H and O–H groups in total. The van der Waals surface area contributed by atoms with Crippen LogP contribution in [0.15, 0.2) is 132 Å². The predicted octanol–water partition coefficient (Wildman–Crippen LogP) is 8.45. The SMILES string of the molecule is CN(C(=O)CCN1CCC(OC(=O)Nc2ccccc2-c2ccccc2)CC1)c1cccc(C(=O)Cc2ccc(CCC[C@H](O)c3ccc(O)c4[nH]c(=O)ccc34)cc2)c1. The molecule has 2 heterocycles. The number of phenolic OH excluding ortho intramolecular Hbond substituents is 1. The second kappa shape index (κ2) is 19.5. The molecule has 0 aliphatic carbocycles. The Morgan fingerprint density at radius 2 is 1.60 bits per heavy atom. The minimum Gasteiger partial charge on any atom is -0.506 e. The lowest BCUT2D eigenvalue weighted by molar-refractivity contribution is -0.118. The lowest BCUT2D eigenvalue weighted by Gasteiger charge is -2.31. The number of carbonyl (C=O) groups excluding carboxylic acids is 3. The number of nitrogens with one attached hydrogen (secondary N) is 2. The molecule has 308 valence electrons. The number of aromatic hydroxyl groups is 1. The molecule has 1 aliphatic rings. The molecule has 0 radical (unpaired) electrons. The summed E-state index contributed by atoms with van der Waals surface area (Å²) in [6.07, 6.45) is 2.40. The van der Waals surface area contributed by atoms with Crippen molar-refractivity contribution in [3.63, 3.8) is 0 Å². The topological polar surface area (TPSA) is 152 Å². The van der Waals surface area contributed by atoms with E-state index in [1.807, 2.05) is 84.9 Å². The van der Waals surface area contributed by atoms with Crippen LogP contribution in [0.3, 0.4) is 0 Å². The summed E-state index contributed by atoms with van der Waals surface area (Å²) >= 11 is 0. The zero-order valence-electron chi connectivity index (χ0n) is 33.7. The van der Waals surface area contributed by atoms with Gasteiger partial charge in [0, 0.05) is 67.8 Å². The molecule has 0 unspecified atom stereocenters. The number of rotatable bonds is 15. The van der Waals surface area contributed by atoms with Gasteiger partial charge in [0.2, 0.25) is 11.5 Å². The first-order valence-electron chi connectivity index (χ1n) is 20.5. The molecule has 11 nitrogen and oxygen atoms in total. The number of aromatic nitrogens is 1. The summed E-state index contributed by atoms with van der Waals surface area (Å²) < 4.78 is 5.78. The van der Waals surface area contributed by atoms with Gasteiger partial charge >= 0.3 is 6.09 Å². The van der Waals surface area contributed by atoms with Crippen molar-refractivity contribution in [1.29, 1.82) is 0 Å². The molecule has 1 fully saturated rings. The first-order chi connectivity index (χ1) is 29.1. The molecule has 1 aliphatic heterocycles. The number of amides is 2. The number of piperidine rings is 1. The van der Waals surface area contributed by atoms with Crippen LogP contribution in [0.2, 0.25) is 0 Å². The van der Waals surface area contributed by atoms with Gasteiger partial charge in [-0.15, -0.1) is 0 Å². The van der Waals surface area contributed by atoms with Crippen LogP contribution in [0.5, 0.6) is 5.75 Å². The van der Waals surface area contributed by atoms with Crippen LogP contribution in [-0.4, -0.2) is 70.7 Å². The predicted molar refractivity (Wildman–Crippen MR) is 235 cm³/mol. The Morgan fingerprint density at radius 1 is 0.867 bits per heavy atom. The number of nitrogens with zero attached hydrogens (tertiary/aromatic N) is 2. The Labute approximate surface area is 349 Å². The summed E-state index contributed by atoms with van der Waals surface area (Å²) in [6.45, 7) is 2.01. The van der Waals surface area contributed by atoms with Crippen molar-refractivity contribution in [2.24, 2.45) is 0 Å². The van der Waals surface area contributed by atoms with Crippen molar-refractivity contribution in [3.05, 3.63) is 160 Å². The molecule has 0 saturated carbocycles. The summed E-state index contributed by atoms with van der Waals surface area (Å²) in [5.41, 5.74) is 6.43. The van der Waals surface area contributed by atoms with Crippen LogP contribution in [-0.2, 0) is 22.4 Å². The van der Waals surface area contributed by atoms with Crippen LogP contribution in [0, 0.1) is 0 Å². The number of H-pyrrole nitrogens is 1. The normalized spacial score (nSPS) is 13.8. The number of carbonyl (C=O) groups is 3. The van der Waals surface area contributed by atoms with Crippen LogP contribution in [0.25, 0.3) is 22.0 Å². The summed E-state index contributed by atoms with van der Waals surface area (Å²) in [7, 11) is 1.73. The first-order valence-corrected chi connectivity index (χ1v) is 20.5. The van der Waals surface area contributed by atoms with Gasteiger partial charge in [0.05, 0.1) is 17.3 Å². The van der Waals surface area contributed by atoms with Crippen LogP contribution >= 0.6 is 0 Å². The van der Waals surface area contributed by atoms with E-state index in [9.17, 15) is 29.4 Å². The number of ether oxygens (including phenoxy) is 1.